The Morgan fingerprint density at radius 2 is 1.90 bits per heavy atom. The van der Waals surface area contributed by atoms with Crippen LogP contribution < -0.4 is 5.73 Å². The van der Waals surface area contributed by atoms with Crippen LogP contribution in [-0.2, 0) is 11.4 Å². The fourth-order valence-electron chi connectivity index (χ4n) is 2.82. The highest BCUT2D eigenvalue weighted by molar-refractivity contribution is 6.05. The maximum absolute atomic E-state index is 12.5. The number of ketones is 1. The van der Waals surface area contributed by atoms with Crippen molar-refractivity contribution in [3.8, 4) is 0 Å². The number of hydrogen-bond donors (Lipinski definition) is 3. The van der Waals surface area contributed by atoms with Gasteiger partial charge in [0.15, 0.2) is 5.78 Å². The van der Waals surface area contributed by atoms with Crippen molar-refractivity contribution in [3.63, 3.8) is 0 Å². The van der Waals surface area contributed by atoms with E-state index in [1.807, 2.05) is 0 Å². The van der Waals surface area contributed by atoms with Gasteiger partial charge in [-0.2, -0.15) is 0 Å². The minimum absolute atomic E-state index is 0.108. The summed E-state index contributed by atoms with van der Waals surface area (Å²) in [5.41, 5.74) is 4.63. The molecule has 1 aromatic rings. The molecule has 108 valence electrons. The summed E-state index contributed by atoms with van der Waals surface area (Å²) in [6.45, 7) is -0.108. The van der Waals surface area contributed by atoms with Crippen LogP contribution in [0, 0.1) is 5.92 Å². The lowest BCUT2D eigenvalue weighted by Crippen LogP contribution is -2.52. The number of aliphatic hydroxyl groups is 2. The normalized spacial score (nSPS) is 26.2. The Labute approximate surface area is 117 Å². The molecule has 5 heteroatoms. The van der Waals surface area contributed by atoms with E-state index in [4.69, 9.17) is 10.8 Å². The zero-order valence-electron chi connectivity index (χ0n) is 11.2. The molecule has 2 unspecified atom stereocenters. The zero-order chi connectivity index (χ0) is 14.8. The van der Waals surface area contributed by atoms with Gasteiger partial charge in [-0.25, -0.2) is 0 Å². The maximum atomic E-state index is 12.5. The molecule has 5 nitrogen and oxygen atoms in total. The molecule has 0 bridgehead atoms. The Morgan fingerprint density at radius 1 is 1.25 bits per heavy atom. The molecule has 0 spiro atoms. The van der Waals surface area contributed by atoms with Crippen molar-refractivity contribution in [2.24, 2.45) is 11.7 Å². The number of benzene rings is 1. The second-order valence-electron chi connectivity index (χ2n) is 5.31. The van der Waals surface area contributed by atoms with Crippen molar-refractivity contribution in [2.75, 3.05) is 0 Å². The quantitative estimate of drug-likeness (QED) is 0.707. The van der Waals surface area contributed by atoms with Crippen molar-refractivity contribution in [3.05, 3.63) is 35.4 Å². The molecule has 1 aliphatic carbocycles. The Kier molecular flexibility index (Phi) is 4.20. The third kappa shape index (κ3) is 2.59. The third-order valence-corrected chi connectivity index (χ3v) is 4.01. The Morgan fingerprint density at radius 3 is 2.45 bits per heavy atom. The summed E-state index contributed by atoms with van der Waals surface area (Å²) in [6, 6.07) is 6.36. The Bertz CT molecular complexity index is 511. The molecule has 0 saturated heterocycles. The first kappa shape index (κ1) is 14.7. The molecule has 1 aromatic carbocycles. The van der Waals surface area contributed by atoms with Crippen molar-refractivity contribution < 1.29 is 19.8 Å². The first-order valence-corrected chi connectivity index (χ1v) is 6.75. The first-order valence-electron chi connectivity index (χ1n) is 6.75. The lowest BCUT2D eigenvalue weighted by atomic mass is 9.71. The molecular weight excluding hydrogens is 258 g/mol. The van der Waals surface area contributed by atoms with Gasteiger partial charge in [-0.15, -0.1) is 0 Å². The van der Waals surface area contributed by atoms with Gasteiger partial charge in [0.2, 0.25) is 5.91 Å². The van der Waals surface area contributed by atoms with E-state index in [-0.39, 0.29) is 13.0 Å². The van der Waals surface area contributed by atoms with Crippen LogP contribution in [0.1, 0.15) is 41.6 Å². The minimum atomic E-state index is -1.70. The standard InChI is InChI=1S/C15H19NO4/c16-14(19)12-3-1-2-8-15(12,20)13(18)11-6-4-10(9-17)5-7-11/h4-7,12,17,20H,1-3,8-9H2,(H2,16,19). The average molecular weight is 277 g/mol. The zero-order valence-corrected chi connectivity index (χ0v) is 11.2. The molecule has 1 fully saturated rings. The number of carbonyl (C=O) groups excluding carboxylic acids is 2. The molecule has 0 aromatic heterocycles. The number of primary amides is 1. The second kappa shape index (κ2) is 5.73. The number of carbonyl (C=O) groups is 2. The highest BCUT2D eigenvalue weighted by atomic mass is 16.3. The van der Waals surface area contributed by atoms with E-state index in [2.05, 4.69) is 0 Å². The number of rotatable bonds is 4. The molecule has 20 heavy (non-hydrogen) atoms. The minimum Gasteiger partial charge on any atom is -0.392 e. The van der Waals surface area contributed by atoms with Gasteiger partial charge in [-0.05, 0) is 18.4 Å². The summed E-state index contributed by atoms with van der Waals surface area (Å²) >= 11 is 0. The molecule has 2 atom stereocenters. The van der Waals surface area contributed by atoms with Crippen molar-refractivity contribution in [1.29, 1.82) is 0 Å². The van der Waals surface area contributed by atoms with E-state index in [0.717, 1.165) is 6.42 Å². The van der Waals surface area contributed by atoms with E-state index < -0.39 is 23.2 Å². The van der Waals surface area contributed by atoms with Crippen LogP contribution >= 0.6 is 0 Å². The van der Waals surface area contributed by atoms with E-state index in [1.54, 1.807) is 24.3 Å². The van der Waals surface area contributed by atoms with Crippen LogP contribution in [0.2, 0.25) is 0 Å². The molecule has 1 saturated carbocycles. The largest absolute Gasteiger partial charge is 0.392 e. The summed E-state index contributed by atoms with van der Waals surface area (Å²) in [6.07, 6.45) is 2.17. The number of amides is 1. The van der Waals surface area contributed by atoms with Crippen LogP contribution in [0.5, 0.6) is 0 Å². The summed E-state index contributed by atoms with van der Waals surface area (Å²) in [7, 11) is 0. The molecule has 4 N–H and O–H groups in total. The Balaban J connectivity index is 2.30. The van der Waals surface area contributed by atoms with E-state index in [1.165, 1.54) is 0 Å². The van der Waals surface area contributed by atoms with Gasteiger partial charge in [0, 0.05) is 5.56 Å². The fraction of sp³-hybridized carbons (Fsp3) is 0.467. The van der Waals surface area contributed by atoms with Gasteiger partial charge in [0.05, 0.1) is 12.5 Å². The molecule has 1 aliphatic rings. The topological polar surface area (TPSA) is 101 Å². The molecule has 0 heterocycles. The molecule has 1 amide bonds. The molecule has 0 radical (unpaired) electrons. The van der Waals surface area contributed by atoms with E-state index in [0.29, 0.717) is 24.0 Å². The predicted octanol–water partition coefficient (Wildman–Crippen LogP) is 0.768. The summed E-state index contributed by atoms with van der Waals surface area (Å²) in [4.78, 5) is 24.0. The van der Waals surface area contributed by atoms with Gasteiger partial charge < -0.3 is 15.9 Å². The summed E-state index contributed by atoms with van der Waals surface area (Å²) < 4.78 is 0. The van der Waals surface area contributed by atoms with Crippen molar-refractivity contribution in [2.45, 2.75) is 37.9 Å². The summed E-state index contributed by atoms with van der Waals surface area (Å²) in [5, 5.41) is 19.6. The average Bonchev–Trinajstić information content (AvgIpc) is 2.46. The molecule has 0 aliphatic heterocycles. The fourth-order valence-corrected chi connectivity index (χ4v) is 2.82. The highest BCUT2D eigenvalue weighted by Gasteiger charge is 2.48. The smallest absolute Gasteiger partial charge is 0.223 e. The SMILES string of the molecule is NC(=O)C1CCCCC1(O)C(=O)c1ccc(CO)cc1. The van der Waals surface area contributed by atoms with Gasteiger partial charge >= 0.3 is 0 Å². The van der Waals surface area contributed by atoms with Gasteiger partial charge in [-0.1, -0.05) is 37.1 Å². The van der Waals surface area contributed by atoms with Crippen LogP contribution in [0.25, 0.3) is 0 Å². The predicted molar refractivity (Wildman–Crippen MR) is 72.8 cm³/mol. The molecule has 2 rings (SSSR count). The van der Waals surface area contributed by atoms with Crippen LogP contribution in [0.4, 0.5) is 0 Å². The number of Topliss-reactive ketones (excluding diaryl/α,β-unsaturated/α-hetero) is 1. The van der Waals surface area contributed by atoms with Crippen LogP contribution in [0.3, 0.4) is 0 Å². The lowest BCUT2D eigenvalue weighted by molar-refractivity contribution is -0.131. The van der Waals surface area contributed by atoms with Crippen molar-refractivity contribution >= 4 is 11.7 Å². The third-order valence-electron chi connectivity index (χ3n) is 4.01. The number of aliphatic hydroxyl groups excluding tert-OH is 1. The second-order valence-corrected chi connectivity index (χ2v) is 5.31. The first-order chi connectivity index (χ1) is 9.49. The molecular formula is C15H19NO4. The van der Waals surface area contributed by atoms with Crippen LogP contribution in [0.15, 0.2) is 24.3 Å². The Hall–Kier alpha value is -1.72. The number of hydrogen-bond acceptors (Lipinski definition) is 4. The monoisotopic (exact) mass is 277 g/mol. The van der Waals surface area contributed by atoms with E-state index in [9.17, 15) is 14.7 Å². The van der Waals surface area contributed by atoms with Gasteiger partial charge in [-0.3, -0.25) is 9.59 Å². The lowest BCUT2D eigenvalue weighted by Gasteiger charge is -2.36. The van der Waals surface area contributed by atoms with Crippen LogP contribution in [-0.4, -0.2) is 27.5 Å². The van der Waals surface area contributed by atoms with Crippen molar-refractivity contribution in [1.82, 2.24) is 0 Å². The van der Waals surface area contributed by atoms with Gasteiger partial charge in [0.1, 0.15) is 5.60 Å². The highest BCUT2D eigenvalue weighted by Crippen LogP contribution is 2.36. The number of nitrogens with two attached hydrogens (primary N) is 1. The van der Waals surface area contributed by atoms with E-state index >= 15 is 0 Å². The maximum Gasteiger partial charge on any atom is 0.223 e. The summed E-state index contributed by atoms with van der Waals surface area (Å²) in [5.74, 6) is -1.93. The van der Waals surface area contributed by atoms with Gasteiger partial charge in [0.25, 0.3) is 0 Å².